The highest BCUT2D eigenvalue weighted by atomic mass is 32.2. The molecule has 4 rings (SSSR count). The summed E-state index contributed by atoms with van der Waals surface area (Å²) in [7, 11) is -0.835. The largest absolute Gasteiger partial charge is 0.355 e. The Morgan fingerprint density at radius 1 is 1.03 bits per heavy atom. The molecule has 0 bridgehead atoms. The van der Waals surface area contributed by atoms with E-state index in [0.29, 0.717) is 12.1 Å². The van der Waals surface area contributed by atoms with Crippen molar-refractivity contribution in [3.05, 3.63) is 59.3 Å². The van der Waals surface area contributed by atoms with E-state index in [2.05, 4.69) is 27.9 Å². The number of halogens is 2. The van der Waals surface area contributed by atoms with Gasteiger partial charge in [0.25, 0.3) is 0 Å². The van der Waals surface area contributed by atoms with Gasteiger partial charge in [-0.05, 0) is 55.3 Å². The van der Waals surface area contributed by atoms with Crippen LogP contribution >= 0.6 is 0 Å². The molecule has 0 saturated carbocycles. The number of fused-ring (bicyclic) bond motifs is 3. The Morgan fingerprint density at radius 3 is 2.52 bits per heavy atom. The van der Waals surface area contributed by atoms with Gasteiger partial charge in [-0.3, -0.25) is 4.90 Å². The maximum absolute atomic E-state index is 13.5. The molecule has 1 aliphatic rings. The number of anilines is 2. The maximum atomic E-state index is 13.5. The second kappa shape index (κ2) is 8.59. The zero-order valence-electron chi connectivity index (χ0n) is 17.8. The molecule has 0 aliphatic carbocycles. The van der Waals surface area contributed by atoms with Crippen LogP contribution in [0.2, 0.25) is 0 Å². The van der Waals surface area contributed by atoms with E-state index < -0.39 is 21.5 Å². The molecule has 0 amide bonds. The van der Waals surface area contributed by atoms with Crippen molar-refractivity contribution in [2.45, 2.75) is 25.8 Å². The van der Waals surface area contributed by atoms with Crippen LogP contribution in [0.25, 0.3) is 10.9 Å². The quantitative estimate of drug-likeness (QED) is 0.546. The van der Waals surface area contributed by atoms with Gasteiger partial charge in [0.2, 0.25) is 0 Å². The van der Waals surface area contributed by atoms with Gasteiger partial charge in [-0.2, -0.15) is 0 Å². The van der Waals surface area contributed by atoms with Crippen LogP contribution in [0.1, 0.15) is 24.1 Å². The predicted molar refractivity (Wildman–Crippen MR) is 120 cm³/mol. The minimum absolute atomic E-state index is 0.235. The summed E-state index contributed by atoms with van der Waals surface area (Å²) in [5.74, 6) is -1.51. The van der Waals surface area contributed by atoms with E-state index in [-0.39, 0.29) is 5.75 Å². The van der Waals surface area contributed by atoms with Crippen LogP contribution in [-0.4, -0.2) is 43.0 Å². The van der Waals surface area contributed by atoms with Crippen molar-refractivity contribution in [2.75, 3.05) is 30.4 Å². The minimum atomic E-state index is -2.91. The lowest BCUT2D eigenvalue weighted by Gasteiger charge is -2.27. The average molecular weight is 448 g/mol. The van der Waals surface area contributed by atoms with Gasteiger partial charge in [0, 0.05) is 72.6 Å². The molecule has 8 heteroatoms. The SMILES string of the molecule is Cn1c2c(c3cc(Nc4ccc(F)c(F)c4)ccc31)CN(CCCCS(C)(=O)=O)CC2. The summed E-state index contributed by atoms with van der Waals surface area (Å²) < 4.78 is 51.6. The topological polar surface area (TPSA) is 54.3 Å². The van der Waals surface area contributed by atoms with Crippen molar-refractivity contribution in [3.8, 4) is 0 Å². The number of aryl methyl sites for hydroxylation is 1. The van der Waals surface area contributed by atoms with Crippen LogP contribution in [0.5, 0.6) is 0 Å². The number of nitrogens with one attached hydrogen (secondary N) is 1. The normalized spacial score (nSPS) is 14.7. The van der Waals surface area contributed by atoms with Gasteiger partial charge in [-0.15, -0.1) is 0 Å². The van der Waals surface area contributed by atoms with Crippen molar-refractivity contribution in [3.63, 3.8) is 0 Å². The molecule has 31 heavy (non-hydrogen) atoms. The number of aromatic nitrogens is 1. The predicted octanol–water partition coefficient (Wildman–Crippen LogP) is 4.38. The monoisotopic (exact) mass is 447 g/mol. The summed E-state index contributed by atoms with van der Waals surface area (Å²) in [6, 6.07) is 9.83. The molecule has 1 N–H and O–H groups in total. The summed E-state index contributed by atoms with van der Waals surface area (Å²) in [6.45, 7) is 2.65. The Kier molecular flexibility index (Phi) is 6.03. The first-order chi connectivity index (χ1) is 14.7. The summed E-state index contributed by atoms with van der Waals surface area (Å²) in [5.41, 5.74) is 5.04. The number of hydrogen-bond acceptors (Lipinski definition) is 4. The average Bonchev–Trinajstić information content (AvgIpc) is 2.99. The maximum Gasteiger partial charge on any atom is 0.160 e. The van der Waals surface area contributed by atoms with E-state index in [1.807, 2.05) is 12.1 Å². The zero-order chi connectivity index (χ0) is 22.2. The third-order valence-corrected chi connectivity index (χ3v) is 6.96. The Labute approximate surface area is 181 Å². The Bertz CT molecular complexity index is 1220. The molecule has 5 nitrogen and oxygen atoms in total. The van der Waals surface area contributed by atoms with E-state index in [0.717, 1.165) is 61.2 Å². The molecule has 0 spiro atoms. The number of nitrogens with zero attached hydrogens (tertiary/aromatic N) is 2. The number of benzene rings is 2. The van der Waals surface area contributed by atoms with Gasteiger partial charge in [0.05, 0.1) is 0 Å². The Morgan fingerprint density at radius 2 is 1.77 bits per heavy atom. The van der Waals surface area contributed by atoms with Crippen LogP contribution in [0, 0.1) is 11.6 Å². The summed E-state index contributed by atoms with van der Waals surface area (Å²) >= 11 is 0. The molecular weight excluding hydrogens is 420 g/mol. The smallest absolute Gasteiger partial charge is 0.160 e. The van der Waals surface area contributed by atoms with E-state index >= 15 is 0 Å². The number of unbranched alkanes of at least 4 members (excludes halogenated alkanes) is 1. The highest BCUT2D eigenvalue weighted by molar-refractivity contribution is 7.90. The molecular formula is C23H27F2N3O2S. The van der Waals surface area contributed by atoms with Gasteiger partial charge in [-0.1, -0.05) is 0 Å². The van der Waals surface area contributed by atoms with Crippen LogP contribution in [-0.2, 0) is 29.9 Å². The lowest BCUT2D eigenvalue weighted by molar-refractivity contribution is 0.249. The Hall–Kier alpha value is -2.45. The number of rotatable bonds is 7. The summed E-state index contributed by atoms with van der Waals surface area (Å²) in [6.07, 6.45) is 3.76. The Balaban J connectivity index is 1.53. The molecule has 0 saturated heterocycles. The van der Waals surface area contributed by atoms with Crippen LogP contribution in [0.3, 0.4) is 0 Å². The molecule has 0 atom stereocenters. The molecule has 0 fully saturated rings. The van der Waals surface area contributed by atoms with Gasteiger partial charge in [0.15, 0.2) is 11.6 Å². The van der Waals surface area contributed by atoms with E-state index in [1.54, 1.807) is 0 Å². The second-order valence-corrected chi connectivity index (χ2v) is 10.6. The van der Waals surface area contributed by atoms with Crippen molar-refractivity contribution in [2.24, 2.45) is 7.05 Å². The zero-order valence-corrected chi connectivity index (χ0v) is 18.6. The van der Waals surface area contributed by atoms with Crippen LogP contribution in [0.4, 0.5) is 20.2 Å². The summed E-state index contributed by atoms with van der Waals surface area (Å²) in [5, 5.41) is 4.31. The fraction of sp³-hybridized carbons (Fsp3) is 0.391. The second-order valence-electron chi connectivity index (χ2n) is 8.33. The number of sulfone groups is 1. The standard InChI is InChI=1S/C23H27F2N3O2S/c1-27-22-8-6-16(26-17-5-7-20(24)21(25)14-17)13-18(22)19-15-28(11-9-23(19)27)10-3-4-12-31(2,29)30/h5-8,13-14,26H,3-4,9-12,15H2,1-2H3. The van der Waals surface area contributed by atoms with E-state index in [1.165, 1.54) is 23.6 Å². The fourth-order valence-electron chi connectivity index (χ4n) is 4.34. The van der Waals surface area contributed by atoms with Crippen LogP contribution < -0.4 is 5.32 Å². The molecule has 1 aromatic heterocycles. The third-order valence-electron chi connectivity index (χ3n) is 5.93. The van der Waals surface area contributed by atoms with Crippen molar-refractivity contribution in [1.82, 2.24) is 9.47 Å². The fourth-order valence-corrected chi connectivity index (χ4v) is 5.07. The van der Waals surface area contributed by atoms with Gasteiger partial charge >= 0.3 is 0 Å². The molecule has 0 unspecified atom stereocenters. The first-order valence-corrected chi connectivity index (χ1v) is 12.5. The third kappa shape index (κ3) is 4.91. The molecule has 166 valence electrons. The van der Waals surface area contributed by atoms with Crippen LogP contribution in [0.15, 0.2) is 36.4 Å². The molecule has 2 aromatic carbocycles. The van der Waals surface area contributed by atoms with Crippen molar-refractivity contribution >= 4 is 32.1 Å². The highest BCUT2D eigenvalue weighted by Gasteiger charge is 2.23. The van der Waals surface area contributed by atoms with Crippen molar-refractivity contribution in [1.29, 1.82) is 0 Å². The molecule has 3 aromatic rings. The van der Waals surface area contributed by atoms with Crippen molar-refractivity contribution < 1.29 is 17.2 Å². The molecule has 0 radical (unpaired) electrons. The first-order valence-electron chi connectivity index (χ1n) is 10.4. The first kappa shape index (κ1) is 21.8. The van der Waals surface area contributed by atoms with E-state index in [4.69, 9.17) is 0 Å². The molecule has 1 aliphatic heterocycles. The number of hydrogen-bond donors (Lipinski definition) is 1. The minimum Gasteiger partial charge on any atom is -0.355 e. The van der Waals surface area contributed by atoms with Gasteiger partial charge < -0.3 is 9.88 Å². The lowest BCUT2D eigenvalue weighted by Crippen LogP contribution is -2.31. The summed E-state index contributed by atoms with van der Waals surface area (Å²) in [4.78, 5) is 2.37. The highest BCUT2D eigenvalue weighted by Crippen LogP contribution is 2.33. The molecule has 2 heterocycles. The van der Waals surface area contributed by atoms with Gasteiger partial charge in [-0.25, -0.2) is 17.2 Å². The van der Waals surface area contributed by atoms with E-state index in [9.17, 15) is 17.2 Å². The van der Waals surface area contributed by atoms with Gasteiger partial charge in [0.1, 0.15) is 9.84 Å². The lowest BCUT2D eigenvalue weighted by atomic mass is 10.0.